The number of esters is 1. The summed E-state index contributed by atoms with van der Waals surface area (Å²) in [5.74, 6) is -1.88. The molecule has 31 heavy (non-hydrogen) atoms. The van der Waals surface area contributed by atoms with E-state index in [0.29, 0.717) is 23.6 Å². The molecule has 1 N–H and O–H groups in total. The van der Waals surface area contributed by atoms with Gasteiger partial charge in [-0.15, -0.1) is 0 Å². The molecule has 0 spiro atoms. The number of hydrogen-bond acceptors (Lipinski definition) is 5. The minimum absolute atomic E-state index is 0.00255. The maximum absolute atomic E-state index is 13.8. The van der Waals surface area contributed by atoms with Gasteiger partial charge < -0.3 is 14.5 Å². The molecule has 0 bridgehead atoms. The van der Waals surface area contributed by atoms with Gasteiger partial charge in [-0.2, -0.15) is 13.2 Å². The van der Waals surface area contributed by atoms with Crippen molar-refractivity contribution in [2.75, 3.05) is 7.11 Å². The number of halogens is 3. The molecule has 5 nitrogen and oxygen atoms in total. The van der Waals surface area contributed by atoms with Crippen LogP contribution in [-0.2, 0) is 20.5 Å². The van der Waals surface area contributed by atoms with Crippen LogP contribution >= 0.6 is 0 Å². The number of ether oxygens (including phenoxy) is 1. The topological polar surface area (TPSA) is 68.5 Å². The van der Waals surface area contributed by atoms with Crippen LogP contribution < -0.4 is 5.32 Å². The Hall–Kier alpha value is -3.29. The highest BCUT2D eigenvalue weighted by atomic mass is 19.4. The molecule has 2 heterocycles. The van der Waals surface area contributed by atoms with E-state index in [1.54, 1.807) is 19.1 Å². The summed E-state index contributed by atoms with van der Waals surface area (Å²) in [6.07, 6.45) is -2.68. The van der Waals surface area contributed by atoms with E-state index in [1.165, 1.54) is 24.5 Å². The average molecular weight is 431 g/mol. The van der Waals surface area contributed by atoms with Gasteiger partial charge in [-0.05, 0) is 37.1 Å². The van der Waals surface area contributed by atoms with Crippen molar-refractivity contribution < 1.29 is 31.9 Å². The lowest BCUT2D eigenvalue weighted by atomic mass is 9.71. The Bertz CT molecular complexity index is 1100. The first-order valence-electron chi connectivity index (χ1n) is 9.74. The second-order valence-corrected chi connectivity index (χ2v) is 7.61. The Labute approximate surface area is 176 Å². The first-order valence-corrected chi connectivity index (χ1v) is 9.74. The molecule has 0 saturated carbocycles. The van der Waals surface area contributed by atoms with Gasteiger partial charge >= 0.3 is 12.1 Å². The molecule has 0 unspecified atom stereocenters. The fourth-order valence-corrected chi connectivity index (χ4v) is 4.46. The van der Waals surface area contributed by atoms with Gasteiger partial charge in [0.1, 0.15) is 5.76 Å². The predicted octanol–water partition coefficient (Wildman–Crippen LogP) is 4.83. The van der Waals surface area contributed by atoms with E-state index in [9.17, 15) is 22.8 Å². The highest BCUT2D eigenvalue weighted by molar-refractivity contribution is 6.04. The summed E-state index contributed by atoms with van der Waals surface area (Å²) in [6.45, 7) is 1.60. The summed E-state index contributed by atoms with van der Waals surface area (Å²) in [5, 5.41) is 3.08. The summed E-state index contributed by atoms with van der Waals surface area (Å²) in [5.41, 5.74) is 0.0102. The summed E-state index contributed by atoms with van der Waals surface area (Å²) in [4.78, 5) is 25.9. The minimum atomic E-state index is -4.65. The van der Waals surface area contributed by atoms with Crippen LogP contribution in [0.15, 0.2) is 69.6 Å². The number of carbonyl (C=O) groups is 2. The molecule has 1 aromatic heterocycles. The number of furan rings is 1. The lowest BCUT2D eigenvalue weighted by Gasteiger charge is -2.36. The Morgan fingerprint density at radius 1 is 1.16 bits per heavy atom. The molecule has 8 heteroatoms. The van der Waals surface area contributed by atoms with Crippen molar-refractivity contribution in [3.63, 3.8) is 0 Å². The number of benzene rings is 1. The van der Waals surface area contributed by atoms with Crippen molar-refractivity contribution in [3.8, 4) is 0 Å². The highest BCUT2D eigenvalue weighted by Gasteiger charge is 2.45. The summed E-state index contributed by atoms with van der Waals surface area (Å²) in [6, 6.07) is 8.52. The number of rotatable bonds is 3. The Kier molecular flexibility index (Phi) is 5.24. The summed E-state index contributed by atoms with van der Waals surface area (Å²) >= 11 is 0. The van der Waals surface area contributed by atoms with Crippen LogP contribution in [0.3, 0.4) is 0 Å². The second-order valence-electron chi connectivity index (χ2n) is 7.61. The third-order valence-corrected chi connectivity index (χ3v) is 5.76. The average Bonchev–Trinajstić information content (AvgIpc) is 3.26. The number of alkyl halides is 3. The number of hydrogen-bond donors (Lipinski definition) is 1. The van der Waals surface area contributed by atoms with E-state index in [-0.39, 0.29) is 34.8 Å². The van der Waals surface area contributed by atoms with Crippen LogP contribution in [0.5, 0.6) is 0 Å². The molecule has 1 aromatic carbocycles. The Morgan fingerprint density at radius 2 is 1.90 bits per heavy atom. The van der Waals surface area contributed by atoms with Crippen molar-refractivity contribution in [2.24, 2.45) is 0 Å². The van der Waals surface area contributed by atoms with Crippen molar-refractivity contribution >= 4 is 11.8 Å². The quantitative estimate of drug-likeness (QED) is 0.705. The summed E-state index contributed by atoms with van der Waals surface area (Å²) < 4.78 is 51.8. The molecule has 2 atom stereocenters. The molecule has 4 rings (SSSR count). The van der Waals surface area contributed by atoms with E-state index in [2.05, 4.69) is 5.32 Å². The normalized spacial score (nSPS) is 21.6. The largest absolute Gasteiger partial charge is 0.469 e. The number of nitrogens with one attached hydrogen (secondary N) is 1. The number of ketones is 1. The molecular formula is C23H20F3NO4. The summed E-state index contributed by atoms with van der Waals surface area (Å²) in [7, 11) is 1.16. The van der Waals surface area contributed by atoms with Gasteiger partial charge in [-0.25, -0.2) is 4.79 Å². The lowest BCUT2D eigenvalue weighted by molar-refractivity contribution is -0.139. The van der Waals surface area contributed by atoms with Crippen LogP contribution in [0.25, 0.3) is 0 Å². The fraction of sp³-hybridized carbons (Fsp3) is 0.304. The molecule has 0 saturated heterocycles. The van der Waals surface area contributed by atoms with Crippen molar-refractivity contribution in [2.45, 2.75) is 37.8 Å². The Morgan fingerprint density at radius 3 is 2.55 bits per heavy atom. The van der Waals surface area contributed by atoms with Crippen molar-refractivity contribution in [3.05, 3.63) is 82.1 Å². The minimum Gasteiger partial charge on any atom is -0.469 e. The molecule has 0 fully saturated rings. The second kappa shape index (κ2) is 7.76. The zero-order valence-electron chi connectivity index (χ0n) is 16.9. The maximum Gasteiger partial charge on any atom is 0.416 e. The number of dihydropyridines is 1. The monoisotopic (exact) mass is 431 g/mol. The predicted molar refractivity (Wildman–Crippen MR) is 105 cm³/mol. The van der Waals surface area contributed by atoms with Crippen LogP contribution in [0.4, 0.5) is 13.2 Å². The van der Waals surface area contributed by atoms with Crippen LogP contribution in [0.1, 0.15) is 48.5 Å². The van der Waals surface area contributed by atoms with Crippen molar-refractivity contribution in [1.29, 1.82) is 0 Å². The zero-order chi connectivity index (χ0) is 22.3. The maximum atomic E-state index is 13.8. The number of allylic oxidation sites excluding steroid dienone is 3. The van der Waals surface area contributed by atoms with E-state index < -0.39 is 23.6 Å². The van der Waals surface area contributed by atoms with Gasteiger partial charge in [0.2, 0.25) is 0 Å². The van der Waals surface area contributed by atoms with Crippen LogP contribution in [-0.4, -0.2) is 18.9 Å². The molecule has 2 aromatic rings. The van der Waals surface area contributed by atoms with Gasteiger partial charge in [-0.3, -0.25) is 4.79 Å². The van der Waals surface area contributed by atoms with Crippen LogP contribution in [0.2, 0.25) is 0 Å². The fourth-order valence-electron chi connectivity index (χ4n) is 4.46. The van der Waals surface area contributed by atoms with Gasteiger partial charge in [0, 0.05) is 35.2 Å². The number of methoxy groups -OCH3 is 1. The molecule has 1 aliphatic heterocycles. The standard InChI is InChI=1S/C23H20F3NO4/c1-12-19(22(29)30-2)20(14-6-3-4-7-15(14)23(24,25)26)21-16(27-12)10-13(11-17(21)28)18-8-5-9-31-18/h3-9,13,20,27H,10-11H2,1-2H3/t13-,20+/m1/s1. The molecule has 1 aliphatic carbocycles. The van der Waals surface area contributed by atoms with E-state index in [0.717, 1.165) is 13.2 Å². The molecule has 0 amide bonds. The van der Waals surface area contributed by atoms with E-state index in [1.807, 2.05) is 0 Å². The van der Waals surface area contributed by atoms with Gasteiger partial charge in [0.25, 0.3) is 0 Å². The smallest absolute Gasteiger partial charge is 0.416 e. The SMILES string of the molecule is COC(=O)C1=C(C)NC2=C(C(=O)C[C@H](c3ccco3)C2)[C@H]1c1ccccc1C(F)(F)F. The van der Waals surface area contributed by atoms with Crippen molar-refractivity contribution in [1.82, 2.24) is 5.32 Å². The van der Waals surface area contributed by atoms with Gasteiger partial charge in [0.15, 0.2) is 5.78 Å². The first-order chi connectivity index (χ1) is 14.7. The van der Waals surface area contributed by atoms with Crippen LogP contribution in [0, 0.1) is 0 Å². The van der Waals surface area contributed by atoms with Gasteiger partial charge in [0.05, 0.1) is 24.5 Å². The number of carbonyl (C=O) groups excluding carboxylic acids is 2. The van der Waals surface area contributed by atoms with Gasteiger partial charge in [-0.1, -0.05) is 18.2 Å². The highest BCUT2D eigenvalue weighted by Crippen LogP contribution is 2.48. The third-order valence-electron chi connectivity index (χ3n) is 5.76. The molecule has 0 radical (unpaired) electrons. The van der Waals surface area contributed by atoms with E-state index >= 15 is 0 Å². The molecular weight excluding hydrogens is 411 g/mol. The Balaban J connectivity index is 1.90. The zero-order valence-corrected chi connectivity index (χ0v) is 16.9. The van der Waals surface area contributed by atoms with E-state index in [4.69, 9.17) is 9.15 Å². The molecule has 162 valence electrons. The molecule has 2 aliphatic rings. The third kappa shape index (κ3) is 3.66. The first kappa shape index (κ1) is 21.0. The lowest BCUT2D eigenvalue weighted by Crippen LogP contribution is -2.36. The number of Topliss-reactive ketones (excluding diaryl/α,β-unsaturated/α-hetero) is 1.